The second-order valence-electron chi connectivity index (χ2n) is 4.03. The third-order valence-electron chi connectivity index (χ3n) is 1.29. The van der Waals surface area contributed by atoms with E-state index in [1.54, 1.807) is 27.7 Å². The van der Waals surface area contributed by atoms with E-state index in [1.807, 2.05) is 0 Å². The number of rotatable bonds is 3. The summed E-state index contributed by atoms with van der Waals surface area (Å²) in [4.78, 5) is 21.5. The number of carboxylic acid groups (broad SMARTS) is 1. The molecule has 1 unspecified atom stereocenters. The monoisotopic (exact) mass is 188 g/mol. The summed E-state index contributed by atoms with van der Waals surface area (Å²) in [5, 5.41) is 8.42. The van der Waals surface area contributed by atoms with Gasteiger partial charge in [-0.15, -0.1) is 0 Å². The second kappa shape index (κ2) is 4.25. The lowest BCUT2D eigenvalue weighted by Crippen LogP contribution is -2.28. The summed E-state index contributed by atoms with van der Waals surface area (Å²) in [5.74, 6) is -2.04. The van der Waals surface area contributed by atoms with Crippen molar-refractivity contribution in [3.05, 3.63) is 0 Å². The zero-order chi connectivity index (χ0) is 10.6. The molecule has 0 aliphatic carbocycles. The predicted octanol–water partition coefficient (Wildman–Crippen LogP) is 1.44. The average molecular weight is 188 g/mol. The first-order chi connectivity index (χ1) is 5.72. The van der Waals surface area contributed by atoms with Gasteiger partial charge in [-0.1, -0.05) is 6.92 Å². The smallest absolute Gasteiger partial charge is 0.309 e. The Labute approximate surface area is 77.9 Å². The van der Waals surface area contributed by atoms with E-state index in [0.29, 0.717) is 0 Å². The van der Waals surface area contributed by atoms with Crippen LogP contribution < -0.4 is 0 Å². The number of carboxylic acids is 1. The summed E-state index contributed by atoms with van der Waals surface area (Å²) < 4.78 is 5.00. The van der Waals surface area contributed by atoms with Gasteiger partial charge in [-0.25, -0.2) is 0 Å². The number of esters is 1. The van der Waals surface area contributed by atoms with Crippen molar-refractivity contribution in [2.75, 3.05) is 0 Å². The van der Waals surface area contributed by atoms with Crippen LogP contribution >= 0.6 is 0 Å². The maximum absolute atomic E-state index is 11.2. The summed E-state index contributed by atoms with van der Waals surface area (Å²) in [6, 6.07) is 0. The van der Waals surface area contributed by atoms with Gasteiger partial charge in [0.25, 0.3) is 0 Å². The van der Waals surface area contributed by atoms with Gasteiger partial charge in [0, 0.05) is 0 Å². The van der Waals surface area contributed by atoms with Crippen LogP contribution in [0.15, 0.2) is 0 Å². The van der Waals surface area contributed by atoms with Crippen LogP contribution in [0.25, 0.3) is 0 Å². The molecule has 0 aliphatic rings. The molecule has 0 spiro atoms. The fraction of sp³-hybridized carbons (Fsp3) is 0.778. The molecule has 0 bridgehead atoms. The minimum absolute atomic E-state index is 0.186. The Morgan fingerprint density at radius 2 is 1.85 bits per heavy atom. The van der Waals surface area contributed by atoms with E-state index < -0.39 is 23.5 Å². The molecule has 0 aromatic carbocycles. The first kappa shape index (κ1) is 11.9. The lowest BCUT2D eigenvalue weighted by atomic mass is 10.1. The fourth-order valence-corrected chi connectivity index (χ4v) is 0.748. The van der Waals surface area contributed by atoms with E-state index >= 15 is 0 Å². The number of carbonyl (C=O) groups excluding carboxylic acids is 1. The molecule has 0 aliphatic heterocycles. The summed E-state index contributed by atoms with van der Waals surface area (Å²) >= 11 is 0. The van der Waals surface area contributed by atoms with E-state index in [9.17, 15) is 9.59 Å². The van der Waals surface area contributed by atoms with Crippen LogP contribution in [0.4, 0.5) is 0 Å². The predicted molar refractivity (Wildman–Crippen MR) is 47.3 cm³/mol. The zero-order valence-electron chi connectivity index (χ0n) is 8.46. The molecule has 76 valence electrons. The third-order valence-corrected chi connectivity index (χ3v) is 1.29. The number of hydrogen-bond acceptors (Lipinski definition) is 3. The van der Waals surface area contributed by atoms with E-state index in [1.165, 1.54) is 0 Å². The van der Waals surface area contributed by atoms with Crippen LogP contribution in [0.5, 0.6) is 0 Å². The van der Waals surface area contributed by atoms with Gasteiger partial charge in [0.15, 0.2) is 0 Å². The van der Waals surface area contributed by atoms with Gasteiger partial charge in [0.2, 0.25) is 0 Å². The number of hydrogen-bond donors (Lipinski definition) is 1. The van der Waals surface area contributed by atoms with Crippen molar-refractivity contribution >= 4 is 11.9 Å². The first-order valence-corrected chi connectivity index (χ1v) is 4.17. The molecule has 4 nitrogen and oxygen atoms in total. The molecule has 0 aromatic heterocycles. The van der Waals surface area contributed by atoms with Gasteiger partial charge in [-0.2, -0.15) is 0 Å². The summed E-state index contributed by atoms with van der Waals surface area (Å²) in [5.41, 5.74) is -0.552. The van der Waals surface area contributed by atoms with Gasteiger partial charge in [0.05, 0.1) is 12.3 Å². The standard InChI is InChI=1S/C9H16O4/c1-6(5-7(10)11)8(12)13-9(2,3)4/h6H,5H2,1-4H3,(H,10,11). The molecule has 0 saturated heterocycles. The highest BCUT2D eigenvalue weighted by molar-refractivity contribution is 5.78. The Hall–Kier alpha value is -1.06. The summed E-state index contributed by atoms with van der Waals surface area (Å²) in [6.07, 6.45) is -0.186. The van der Waals surface area contributed by atoms with Crippen LogP contribution in [-0.2, 0) is 14.3 Å². The largest absolute Gasteiger partial charge is 0.481 e. The molecule has 13 heavy (non-hydrogen) atoms. The summed E-state index contributed by atoms with van der Waals surface area (Å²) in [6.45, 7) is 6.79. The zero-order valence-corrected chi connectivity index (χ0v) is 8.46. The molecule has 0 rings (SSSR count). The van der Waals surface area contributed by atoms with Crippen molar-refractivity contribution in [1.29, 1.82) is 0 Å². The maximum atomic E-state index is 11.2. The lowest BCUT2D eigenvalue weighted by molar-refractivity contribution is -0.162. The van der Waals surface area contributed by atoms with Gasteiger partial charge >= 0.3 is 11.9 Å². The summed E-state index contributed by atoms with van der Waals surface area (Å²) in [7, 11) is 0. The molecule has 0 amide bonds. The van der Waals surface area contributed by atoms with Crippen molar-refractivity contribution < 1.29 is 19.4 Å². The Bertz CT molecular complexity index is 202. The molecule has 0 heterocycles. The Kier molecular flexibility index (Phi) is 3.91. The Balaban J connectivity index is 4.05. The van der Waals surface area contributed by atoms with Crippen molar-refractivity contribution in [3.63, 3.8) is 0 Å². The molecule has 1 N–H and O–H groups in total. The van der Waals surface area contributed by atoms with E-state index in [0.717, 1.165) is 0 Å². The van der Waals surface area contributed by atoms with Crippen molar-refractivity contribution in [2.24, 2.45) is 5.92 Å². The molecule has 0 radical (unpaired) electrons. The molecule has 1 atom stereocenters. The first-order valence-electron chi connectivity index (χ1n) is 4.17. The highest BCUT2D eigenvalue weighted by Crippen LogP contribution is 2.12. The van der Waals surface area contributed by atoms with E-state index in [2.05, 4.69) is 0 Å². The Morgan fingerprint density at radius 3 is 2.15 bits per heavy atom. The van der Waals surface area contributed by atoms with Crippen LogP contribution in [0.2, 0.25) is 0 Å². The fourth-order valence-electron chi connectivity index (χ4n) is 0.748. The molecular formula is C9H16O4. The van der Waals surface area contributed by atoms with Crippen LogP contribution in [-0.4, -0.2) is 22.6 Å². The molecule has 0 saturated carbocycles. The molecule has 4 heteroatoms. The lowest BCUT2D eigenvalue weighted by Gasteiger charge is -2.21. The van der Waals surface area contributed by atoms with E-state index in [4.69, 9.17) is 9.84 Å². The molecule has 0 fully saturated rings. The van der Waals surface area contributed by atoms with Gasteiger partial charge in [-0.3, -0.25) is 9.59 Å². The third kappa shape index (κ3) is 6.13. The molecule has 0 aromatic rings. The minimum Gasteiger partial charge on any atom is -0.481 e. The number of aliphatic carboxylic acids is 1. The SMILES string of the molecule is CC(CC(=O)O)C(=O)OC(C)(C)C. The minimum atomic E-state index is -0.988. The van der Waals surface area contributed by atoms with Crippen molar-refractivity contribution in [3.8, 4) is 0 Å². The second-order valence-corrected chi connectivity index (χ2v) is 4.03. The maximum Gasteiger partial charge on any atom is 0.309 e. The van der Waals surface area contributed by atoms with Crippen LogP contribution in [0, 0.1) is 5.92 Å². The normalized spacial score (nSPS) is 13.5. The Morgan fingerprint density at radius 1 is 1.38 bits per heavy atom. The average Bonchev–Trinajstić information content (AvgIpc) is 1.81. The quantitative estimate of drug-likeness (QED) is 0.680. The van der Waals surface area contributed by atoms with E-state index in [-0.39, 0.29) is 6.42 Å². The van der Waals surface area contributed by atoms with Crippen molar-refractivity contribution in [2.45, 2.75) is 39.7 Å². The van der Waals surface area contributed by atoms with Gasteiger partial charge < -0.3 is 9.84 Å². The highest BCUT2D eigenvalue weighted by atomic mass is 16.6. The van der Waals surface area contributed by atoms with Crippen LogP contribution in [0.3, 0.4) is 0 Å². The highest BCUT2D eigenvalue weighted by Gasteiger charge is 2.23. The topological polar surface area (TPSA) is 63.6 Å². The molecular weight excluding hydrogens is 172 g/mol. The number of carbonyl (C=O) groups is 2. The van der Waals surface area contributed by atoms with Crippen molar-refractivity contribution in [1.82, 2.24) is 0 Å². The number of ether oxygens (including phenoxy) is 1. The van der Waals surface area contributed by atoms with Crippen LogP contribution in [0.1, 0.15) is 34.1 Å². The van der Waals surface area contributed by atoms with Gasteiger partial charge in [-0.05, 0) is 20.8 Å². The van der Waals surface area contributed by atoms with Gasteiger partial charge in [0.1, 0.15) is 5.60 Å².